The summed E-state index contributed by atoms with van der Waals surface area (Å²) < 4.78 is 0. The van der Waals surface area contributed by atoms with Crippen LogP contribution in [0.3, 0.4) is 0 Å². The molecule has 0 radical (unpaired) electrons. The molecule has 5 heteroatoms. The molecule has 0 atom stereocenters. The fraction of sp³-hybridized carbons (Fsp3) is 0.200. The molecule has 1 amide bonds. The molecule has 0 saturated carbocycles. The monoisotopic (exact) mass is 227 g/mol. The molecule has 0 bridgehead atoms. The zero-order valence-electron chi connectivity index (χ0n) is 7.87. The van der Waals surface area contributed by atoms with E-state index in [0.29, 0.717) is 5.69 Å². The molecule has 1 aromatic rings. The Morgan fingerprint density at radius 1 is 1.33 bits per heavy atom. The van der Waals surface area contributed by atoms with E-state index < -0.39 is 5.97 Å². The first-order valence-corrected chi connectivity index (χ1v) is 4.86. The van der Waals surface area contributed by atoms with Gasteiger partial charge >= 0.3 is 5.97 Å². The molecule has 0 heterocycles. The molecular weight excluding hydrogens is 218 g/mol. The molecule has 0 aromatic heterocycles. The summed E-state index contributed by atoms with van der Waals surface area (Å²) >= 11 is 5.39. The van der Waals surface area contributed by atoms with Crippen LogP contribution in [0.4, 0.5) is 5.69 Å². The SMILES string of the molecule is O=C(CCCl)Nc1ccccc1C(=O)O. The third-order valence-electron chi connectivity index (χ3n) is 1.75. The molecule has 1 rings (SSSR count). The maximum Gasteiger partial charge on any atom is 0.337 e. The number of hydrogen-bond donors (Lipinski definition) is 2. The molecule has 0 fully saturated rings. The third-order valence-corrected chi connectivity index (χ3v) is 1.94. The average Bonchev–Trinajstić information content (AvgIpc) is 2.18. The van der Waals surface area contributed by atoms with Crippen molar-refractivity contribution in [1.29, 1.82) is 0 Å². The van der Waals surface area contributed by atoms with E-state index in [1.165, 1.54) is 12.1 Å². The van der Waals surface area contributed by atoms with E-state index in [4.69, 9.17) is 16.7 Å². The highest BCUT2D eigenvalue weighted by molar-refractivity contribution is 6.19. The van der Waals surface area contributed by atoms with Crippen molar-refractivity contribution in [1.82, 2.24) is 0 Å². The van der Waals surface area contributed by atoms with E-state index >= 15 is 0 Å². The quantitative estimate of drug-likeness (QED) is 0.773. The lowest BCUT2D eigenvalue weighted by molar-refractivity contribution is -0.115. The van der Waals surface area contributed by atoms with Crippen molar-refractivity contribution in [3.8, 4) is 0 Å². The first-order chi connectivity index (χ1) is 7.15. The van der Waals surface area contributed by atoms with Gasteiger partial charge in [0.15, 0.2) is 0 Å². The van der Waals surface area contributed by atoms with Gasteiger partial charge in [0.25, 0.3) is 0 Å². The van der Waals surface area contributed by atoms with Crippen molar-refractivity contribution < 1.29 is 14.7 Å². The zero-order valence-corrected chi connectivity index (χ0v) is 8.62. The molecule has 2 N–H and O–H groups in total. The number of carbonyl (C=O) groups excluding carboxylic acids is 1. The number of aromatic carboxylic acids is 1. The number of nitrogens with one attached hydrogen (secondary N) is 1. The molecule has 0 aliphatic heterocycles. The number of para-hydroxylation sites is 1. The Bertz CT molecular complexity index is 379. The Labute approximate surface area is 91.9 Å². The minimum absolute atomic E-state index is 0.0698. The van der Waals surface area contributed by atoms with Gasteiger partial charge in [-0.3, -0.25) is 4.79 Å². The molecule has 1 aromatic carbocycles. The Morgan fingerprint density at radius 2 is 2.00 bits per heavy atom. The van der Waals surface area contributed by atoms with Crippen LogP contribution in [0.25, 0.3) is 0 Å². The summed E-state index contributed by atoms with van der Waals surface area (Å²) in [5.41, 5.74) is 0.362. The second-order valence-corrected chi connectivity index (χ2v) is 3.22. The number of benzene rings is 1. The van der Waals surface area contributed by atoms with Crippen LogP contribution in [0.5, 0.6) is 0 Å². The number of halogens is 1. The lowest BCUT2D eigenvalue weighted by atomic mass is 10.2. The van der Waals surface area contributed by atoms with E-state index in [-0.39, 0.29) is 23.8 Å². The van der Waals surface area contributed by atoms with Gasteiger partial charge in [0.1, 0.15) is 0 Å². The standard InChI is InChI=1S/C10H10ClNO3/c11-6-5-9(13)12-8-4-2-1-3-7(8)10(14)15/h1-4H,5-6H2,(H,12,13)(H,14,15). The summed E-state index contributed by atoms with van der Waals surface area (Å²) in [7, 11) is 0. The number of rotatable bonds is 4. The van der Waals surface area contributed by atoms with Gasteiger partial charge in [0.2, 0.25) is 5.91 Å². The van der Waals surface area contributed by atoms with Crippen LogP contribution in [0.15, 0.2) is 24.3 Å². The van der Waals surface area contributed by atoms with Crippen LogP contribution in [0.1, 0.15) is 16.8 Å². The molecular formula is C10H10ClNO3. The minimum atomic E-state index is -1.07. The van der Waals surface area contributed by atoms with Crippen molar-refractivity contribution in [2.75, 3.05) is 11.2 Å². The van der Waals surface area contributed by atoms with Gasteiger partial charge in [0, 0.05) is 12.3 Å². The van der Waals surface area contributed by atoms with Crippen LogP contribution < -0.4 is 5.32 Å². The topological polar surface area (TPSA) is 66.4 Å². The summed E-state index contributed by atoms with van der Waals surface area (Å²) in [5, 5.41) is 11.3. The third kappa shape index (κ3) is 3.25. The number of carbonyl (C=O) groups is 2. The van der Waals surface area contributed by atoms with Crippen molar-refractivity contribution in [2.24, 2.45) is 0 Å². The molecule has 0 saturated heterocycles. The maximum atomic E-state index is 11.2. The lowest BCUT2D eigenvalue weighted by Crippen LogP contribution is -2.14. The van der Waals surface area contributed by atoms with Crippen LogP contribution in [0, 0.1) is 0 Å². The molecule has 0 aliphatic carbocycles. The molecule has 0 aliphatic rings. The van der Waals surface area contributed by atoms with E-state index in [0.717, 1.165) is 0 Å². The summed E-state index contributed by atoms with van der Waals surface area (Å²) in [6, 6.07) is 6.22. The van der Waals surface area contributed by atoms with Gasteiger partial charge < -0.3 is 10.4 Å². The predicted molar refractivity (Wildman–Crippen MR) is 57.4 cm³/mol. The fourth-order valence-corrected chi connectivity index (χ4v) is 1.25. The van der Waals surface area contributed by atoms with Gasteiger partial charge in [-0.05, 0) is 12.1 Å². The number of anilines is 1. The number of carboxylic acids is 1. The minimum Gasteiger partial charge on any atom is -0.478 e. The predicted octanol–water partition coefficient (Wildman–Crippen LogP) is 1.95. The molecule has 0 unspecified atom stereocenters. The van der Waals surface area contributed by atoms with Crippen LogP contribution in [-0.4, -0.2) is 22.9 Å². The Balaban J connectivity index is 2.84. The highest BCUT2D eigenvalue weighted by atomic mass is 35.5. The average molecular weight is 228 g/mol. The molecule has 4 nitrogen and oxygen atoms in total. The van der Waals surface area contributed by atoms with Crippen LogP contribution in [0.2, 0.25) is 0 Å². The van der Waals surface area contributed by atoms with E-state index in [1.54, 1.807) is 12.1 Å². The van der Waals surface area contributed by atoms with Gasteiger partial charge in [-0.15, -0.1) is 11.6 Å². The summed E-state index contributed by atoms with van der Waals surface area (Å²) in [5.74, 6) is -1.16. The number of carboxylic acid groups (broad SMARTS) is 1. The normalized spacial score (nSPS) is 9.67. The maximum absolute atomic E-state index is 11.2. The first-order valence-electron chi connectivity index (χ1n) is 4.33. The summed E-state index contributed by atoms with van der Waals surface area (Å²) in [6.07, 6.45) is 0.162. The Hall–Kier alpha value is -1.55. The first kappa shape index (κ1) is 11.5. The largest absolute Gasteiger partial charge is 0.478 e. The molecule has 15 heavy (non-hydrogen) atoms. The van der Waals surface area contributed by atoms with Gasteiger partial charge in [0.05, 0.1) is 11.3 Å². The number of alkyl halides is 1. The fourth-order valence-electron chi connectivity index (χ4n) is 1.08. The second kappa shape index (κ2) is 5.36. The highest BCUT2D eigenvalue weighted by Crippen LogP contribution is 2.14. The van der Waals surface area contributed by atoms with E-state index in [9.17, 15) is 9.59 Å². The van der Waals surface area contributed by atoms with E-state index in [1.807, 2.05) is 0 Å². The smallest absolute Gasteiger partial charge is 0.337 e. The van der Waals surface area contributed by atoms with Gasteiger partial charge in [-0.1, -0.05) is 12.1 Å². The molecule has 0 spiro atoms. The summed E-state index contributed by atoms with van der Waals surface area (Å²) in [4.78, 5) is 22.0. The second-order valence-electron chi connectivity index (χ2n) is 2.84. The number of hydrogen-bond acceptors (Lipinski definition) is 2. The zero-order chi connectivity index (χ0) is 11.3. The van der Waals surface area contributed by atoms with Crippen LogP contribution in [-0.2, 0) is 4.79 Å². The molecule has 80 valence electrons. The summed E-state index contributed by atoms with van der Waals surface area (Å²) in [6.45, 7) is 0. The van der Waals surface area contributed by atoms with Crippen molar-refractivity contribution in [3.05, 3.63) is 29.8 Å². The van der Waals surface area contributed by atoms with Gasteiger partial charge in [-0.25, -0.2) is 4.79 Å². The van der Waals surface area contributed by atoms with Crippen molar-refractivity contribution in [3.63, 3.8) is 0 Å². The Kier molecular flexibility index (Phi) is 4.12. The number of amides is 1. The Morgan fingerprint density at radius 3 is 2.60 bits per heavy atom. The van der Waals surface area contributed by atoms with Gasteiger partial charge in [-0.2, -0.15) is 0 Å². The lowest BCUT2D eigenvalue weighted by Gasteiger charge is -2.06. The van der Waals surface area contributed by atoms with Crippen molar-refractivity contribution in [2.45, 2.75) is 6.42 Å². The van der Waals surface area contributed by atoms with Crippen molar-refractivity contribution >= 4 is 29.2 Å². The van der Waals surface area contributed by atoms with E-state index in [2.05, 4.69) is 5.32 Å². The highest BCUT2D eigenvalue weighted by Gasteiger charge is 2.10. The van der Waals surface area contributed by atoms with Crippen LogP contribution >= 0.6 is 11.6 Å².